The van der Waals surface area contributed by atoms with Gasteiger partial charge in [-0.1, -0.05) is 6.92 Å². The van der Waals surface area contributed by atoms with Crippen molar-refractivity contribution in [1.82, 2.24) is 10.0 Å². The first kappa shape index (κ1) is 17.1. The van der Waals surface area contributed by atoms with Gasteiger partial charge < -0.3 is 5.32 Å². The second-order valence-electron chi connectivity index (χ2n) is 4.47. The Labute approximate surface area is 141 Å². The van der Waals surface area contributed by atoms with E-state index in [1.54, 1.807) is 0 Å². The van der Waals surface area contributed by atoms with Gasteiger partial charge in [0.05, 0.1) is 0 Å². The Morgan fingerprint density at radius 2 is 2.00 bits per heavy atom. The highest BCUT2D eigenvalue weighted by atomic mass is 79.9. The minimum atomic E-state index is -3.50. The van der Waals surface area contributed by atoms with Gasteiger partial charge in [0.15, 0.2) is 0 Å². The molecular formula is C13H17BrN2O2S3. The number of halogens is 1. The van der Waals surface area contributed by atoms with E-state index in [9.17, 15) is 8.42 Å². The van der Waals surface area contributed by atoms with Crippen molar-refractivity contribution in [2.45, 2.75) is 31.8 Å². The van der Waals surface area contributed by atoms with Crippen molar-refractivity contribution >= 4 is 48.6 Å². The maximum absolute atomic E-state index is 12.6. The predicted octanol–water partition coefficient (Wildman–Crippen LogP) is 3.47. The molecule has 0 bridgehead atoms. The van der Waals surface area contributed by atoms with E-state index in [4.69, 9.17) is 0 Å². The summed E-state index contributed by atoms with van der Waals surface area (Å²) in [6.07, 6.45) is 0. The van der Waals surface area contributed by atoms with Gasteiger partial charge in [-0.3, -0.25) is 0 Å². The van der Waals surface area contributed by atoms with E-state index < -0.39 is 10.0 Å². The third kappa shape index (κ3) is 4.14. The first-order valence-corrected chi connectivity index (χ1v) is 10.5. The molecule has 2 rings (SSSR count). The van der Waals surface area contributed by atoms with Crippen molar-refractivity contribution in [2.24, 2.45) is 0 Å². The monoisotopic (exact) mass is 408 g/mol. The van der Waals surface area contributed by atoms with Gasteiger partial charge in [-0.15, -0.1) is 22.7 Å². The molecule has 4 nitrogen and oxygen atoms in total. The molecule has 0 saturated heterocycles. The molecule has 116 valence electrons. The predicted molar refractivity (Wildman–Crippen MR) is 92.5 cm³/mol. The number of rotatable bonds is 7. The summed E-state index contributed by atoms with van der Waals surface area (Å²) in [5.74, 6) is 0. The quantitative estimate of drug-likeness (QED) is 0.736. The molecule has 2 aromatic rings. The van der Waals surface area contributed by atoms with Crippen molar-refractivity contribution in [3.63, 3.8) is 0 Å². The van der Waals surface area contributed by atoms with Gasteiger partial charge in [-0.2, -0.15) is 0 Å². The minimum absolute atomic E-state index is 0.302. The van der Waals surface area contributed by atoms with Crippen molar-refractivity contribution in [3.8, 4) is 0 Å². The number of sulfonamides is 1. The van der Waals surface area contributed by atoms with Crippen molar-refractivity contribution in [2.75, 3.05) is 6.54 Å². The number of thiophene rings is 2. The number of aryl methyl sites for hydroxylation is 1. The van der Waals surface area contributed by atoms with Gasteiger partial charge in [0, 0.05) is 27.3 Å². The van der Waals surface area contributed by atoms with Crippen molar-refractivity contribution < 1.29 is 8.42 Å². The van der Waals surface area contributed by atoms with E-state index in [1.165, 1.54) is 22.7 Å². The van der Waals surface area contributed by atoms with E-state index in [1.807, 2.05) is 30.7 Å². The molecule has 0 aliphatic rings. The van der Waals surface area contributed by atoms with Gasteiger partial charge in [0.1, 0.15) is 4.90 Å². The molecular weight excluding hydrogens is 392 g/mol. The van der Waals surface area contributed by atoms with Crippen LogP contribution in [0.3, 0.4) is 0 Å². The average molecular weight is 409 g/mol. The van der Waals surface area contributed by atoms with E-state index in [-0.39, 0.29) is 0 Å². The molecule has 0 aliphatic heterocycles. The second-order valence-corrected chi connectivity index (χ2v) is 8.99. The van der Waals surface area contributed by atoms with Gasteiger partial charge in [-0.25, -0.2) is 13.1 Å². The first-order valence-electron chi connectivity index (χ1n) is 6.45. The molecule has 0 saturated carbocycles. The summed E-state index contributed by atoms with van der Waals surface area (Å²) < 4.78 is 28.8. The molecule has 0 fully saturated rings. The van der Waals surface area contributed by atoms with E-state index >= 15 is 0 Å². The zero-order valence-corrected chi connectivity index (χ0v) is 15.8. The fourth-order valence-electron chi connectivity index (χ4n) is 1.89. The van der Waals surface area contributed by atoms with E-state index in [0.29, 0.717) is 18.0 Å². The van der Waals surface area contributed by atoms with Crippen LogP contribution in [-0.4, -0.2) is 15.0 Å². The molecule has 2 aromatic heterocycles. The van der Waals surface area contributed by atoms with E-state index in [0.717, 1.165) is 26.3 Å². The lowest BCUT2D eigenvalue weighted by Crippen LogP contribution is -2.25. The van der Waals surface area contributed by atoms with Crippen LogP contribution >= 0.6 is 38.6 Å². The van der Waals surface area contributed by atoms with Crippen LogP contribution in [0.2, 0.25) is 0 Å². The Morgan fingerprint density at radius 1 is 1.24 bits per heavy atom. The van der Waals surface area contributed by atoms with Crippen molar-refractivity contribution in [3.05, 3.63) is 36.6 Å². The Kier molecular flexibility index (Phi) is 5.98. The number of nitrogens with one attached hydrogen (secondary N) is 2. The molecule has 21 heavy (non-hydrogen) atoms. The molecule has 2 heterocycles. The highest BCUT2D eigenvalue weighted by Gasteiger charge is 2.22. The Bertz CT molecular complexity index is 707. The molecule has 0 aromatic carbocycles. The smallest absolute Gasteiger partial charge is 0.242 e. The summed E-state index contributed by atoms with van der Waals surface area (Å²) in [5.41, 5.74) is 0.797. The topological polar surface area (TPSA) is 58.2 Å². The Hall–Kier alpha value is -0.250. The van der Waals surface area contributed by atoms with Gasteiger partial charge in [0.25, 0.3) is 0 Å². The normalized spacial score (nSPS) is 12.0. The highest BCUT2D eigenvalue weighted by Crippen LogP contribution is 2.28. The lowest BCUT2D eigenvalue weighted by molar-refractivity contribution is 0.579. The minimum Gasteiger partial charge on any atom is -0.312 e. The fourth-order valence-corrected chi connectivity index (χ4v) is 6.19. The average Bonchev–Trinajstić information content (AvgIpc) is 3.00. The molecule has 2 N–H and O–H groups in total. The third-order valence-electron chi connectivity index (χ3n) is 2.91. The van der Waals surface area contributed by atoms with Crippen LogP contribution in [0.15, 0.2) is 26.2 Å². The van der Waals surface area contributed by atoms with Crippen LogP contribution in [0.25, 0.3) is 0 Å². The molecule has 8 heteroatoms. The van der Waals surface area contributed by atoms with Gasteiger partial charge in [0.2, 0.25) is 10.0 Å². The molecule has 0 atom stereocenters. The van der Waals surface area contributed by atoms with Crippen LogP contribution in [0.5, 0.6) is 0 Å². The summed E-state index contributed by atoms with van der Waals surface area (Å²) in [6, 6.07) is 1.92. The Morgan fingerprint density at radius 3 is 2.62 bits per heavy atom. The van der Waals surface area contributed by atoms with Crippen LogP contribution in [0.4, 0.5) is 0 Å². The van der Waals surface area contributed by atoms with Crippen LogP contribution < -0.4 is 10.0 Å². The molecule has 0 unspecified atom stereocenters. The summed E-state index contributed by atoms with van der Waals surface area (Å²) in [7, 11) is -3.50. The molecule has 0 amide bonds. The highest BCUT2D eigenvalue weighted by molar-refractivity contribution is 9.10. The third-order valence-corrected chi connectivity index (χ3v) is 7.70. The molecule has 0 radical (unpaired) electrons. The zero-order chi connectivity index (χ0) is 15.5. The van der Waals surface area contributed by atoms with Crippen LogP contribution in [0, 0.1) is 6.92 Å². The first-order chi connectivity index (χ1) is 9.95. The van der Waals surface area contributed by atoms with E-state index in [2.05, 4.69) is 26.0 Å². The number of hydrogen-bond donors (Lipinski definition) is 2. The number of hydrogen-bond acceptors (Lipinski definition) is 5. The molecule has 0 spiro atoms. The lowest BCUT2D eigenvalue weighted by Gasteiger charge is -2.09. The lowest BCUT2D eigenvalue weighted by atomic mass is 10.3. The zero-order valence-electron chi connectivity index (χ0n) is 11.8. The fraction of sp³-hybridized carbons (Fsp3) is 0.385. The van der Waals surface area contributed by atoms with Gasteiger partial charge >= 0.3 is 0 Å². The van der Waals surface area contributed by atoms with Crippen LogP contribution in [0.1, 0.15) is 22.2 Å². The van der Waals surface area contributed by atoms with Gasteiger partial charge in [-0.05, 0) is 51.8 Å². The largest absolute Gasteiger partial charge is 0.312 e. The Balaban J connectivity index is 2.19. The maximum Gasteiger partial charge on any atom is 0.242 e. The SMILES string of the molecule is CCNCc1scc(C)c1S(=O)(=O)NCc1sccc1Br. The second kappa shape index (κ2) is 7.34. The summed E-state index contributed by atoms with van der Waals surface area (Å²) in [5, 5.41) is 7.00. The van der Waals surface area contributed by atoms with Crippen LogP contribution in [-0.2, 0) is 23.1 Å². The maximum atomic E-state index is 12.6. The summed E-state index contributed by atoms with van der Waals surface area (Å²) in [6.45, 7) is 5.53. The standard InChI is InChI=1S/C13H17BrN2O2S3/c1-3-15-6-12-13(9(2)8-20-12)21(17,18)16-7-11-10(14)4-5-19-11/h4-5,8,15-16H,3,6-7H2,1-2H3. The summed E-state index contributed by atoms with van der Waals surface area (Å²) in [4.78, 5) is 2.24. The molecule has 0 aliphatic carbocycles. The summed E-state index contributed by atoms with van der Waals surface area (Å²) >= 11 is 6.42. The van der Waals surface area contributed by atoms with Crippen molar-refractivity contribution in [1.29, 1.82) is 0 Å².